The van der Waals surface area contributed by atoms with Gasteiger partial charge in [-0.15, -0.1) is 0 Å². The minimum Gasteiger partial charge on any atom is -0.459 e. The first-order chi connectivity index (χ1) is 12.5. The van der Waals surface area contributed by atoms with Gasteiger partial charge in [-0.2, -0.15) is 0 Å². The van der Waals surface area contributed by atoms with Crippen molar-refractivity contribution in [2.75, 3.05) is 5.32 Å². The third-order valence-corrected chi connectivity index (χ3v) is 4.23. The summed E-state index contributed by atoms with van der Waals surface area (Å²) in [5.41, 5.74) is 2.05. The van der Waals surface area contributed by atoms with Crippen LogP contribution < -0.4 is 10.6 Å². The van der Waals surface area contributed by atoms with Crippen molar-refractivity contribution in [1.29, 1.82) is 0 Å². The fourth-order valence-corrected chi connectivity index (χ4v) is 2.95. The Balaban J connectivity index is 1.67. The molecule has 0 saturated carbocycles. The number of aliphatic hydroxyl groups excluding tert-OH is 1. The number of nitrogens with one attached hydrogen (secondary N) is 2. The summed E-state index contributed by atoms with van der Waals surface area (Å²) >= 11 is 8.55. The van der Waals surface area contributed by atoms with Crippen molar-refractivity contribution in [2.45, 2.75) is 6.61 Å². The molecule has 0 spiro atoms. The Morgan fingerprint density at radius 1 is 1.12 bits per heavy atom. The molecule has 0 aliphatic carbocycles. The van der Waals surface area contributed by atoms with Crippen LogP contribution in [0.15, 0.2) is 69.6 Å². The molecular formula is C19H15BrN2O3S. The molecule has 3 aromatic rings. The maximum absolute atomic E-state index is 12.2. The van der Waals surface area contributed by atoms with E-state index in [0.717, 1.165) is 10.0 Å². The van der Waals surface area contributed by atoms with E-state index >= 15 is 0 Å². The van der Waals surface area contributed by atoms with E-state index < -0.39 is 0 Å². The number of aliphatic hydroxyl groups is 1. The average molecular weight is 431 g/mol. The van der Waals surface area contributed by atoms with Crippen LogP contribution in [0.3, 0.4) is 0 Å². The number of benzene rings is 2. The summed E-state index contributed by atoms with van der Waals surface area (Å²) in [7, 11) is 0. The summed E-state index contributed by atoms with van der Waals surface area (Å²) in [6.45, 7) is -0.149. The Bertz CT molecular complexity index is 955. The molecule has 26 heavy (non-hydrogen) atoms. The van der Waals surface area contributed by atoms with Gasteiger partial charge < -0.3 is 14.8 Å². The molecule has 0 fully saturated rings. The molecular weight excluding hydrogens is 416 g/mol. The molecule has 0 aliphatic heterocycles. The van der Waals surface area contributed by atoms with E-state index in [-0.39, 0.29) is 17.6 Å². The quantitative estimate of drug-likeness (QED) is 0.537. The van der Waals surface area contributed by atoms with Gasteiger partial charge >= 0.3 is 0 Å². The van der Waals surface area contributed by atoms with Crippen LogP contribution in [0.4, 0.5) is 5.69 Å². The van der Waals surface area contributed by atoms with Gasteiger partial charge in [0.05, 0.1) is 0 Å². The second-order valence-electron chi connectivity index (χ2n) is 5.42. The van der Waals surface area contributed by atoms with Crippen LogP contribution in [0.5, 0.6) is 0 Å². The van der Waals surface area contributed by atoms with E-state index in [1.807, 2.05) is 30.3 Å². The molecule has 3 N–H and O–H groups in total. The molecule has 7 heteroatoms. The van der Waals surface area contributed by atoms with E-state index in [1.165, 1.54) is 0 Å². The SMILES string of the molecule is O=C(NC(=S)Nc1cccc(-c2ccc(CO)o2)c1)c1cccc(Br)c1. The van der Waals surface area contributed by atoms with Crippen molar-refractivity contribution in [3.05, 3.63) is 76.5 Å². The van der Waals surface area contributed by atoms with Gasteiger partial charge in [0.15, 0.2) is 5.11 Å². The molecule has 1 aromatic heterocycles. The van der Waals surface area contributed by atoms with E-state index in [2.05, 4.69) is 26.6 Å². The zero-order valence-electron chi connectivity index (χ0n) is 13.5. The van der Waals surface area contributed by atoms with Gasteiger partial charge in [0.25, 0.3) is 5.91 Å². The van der Waals surface area contributed by atoms with Gasteiger partial charge in [0, 0.05) is 21.3 Å². The molecule has 132 valence electrons. The lowest BCUT2D eigenvalue weighted by Gasteiger charge is -2.10. The molecule has 2 aromatic carbocycles. The molecule has 3 rings (SSSR count). The Morgan fingerprint density at radius 2 is 1.92 bits per heavy atom. The van der Waals surface area contributed by atoms with Crippen LogP contribution in [0.2, 0.25) is 0 Å². The van der Waals surface area contributed by atoms with Gasteiger partial charge in [-0.25, -0.2) is 0 Å². The highest BCUT2D eigenvalue weighted by Gasteiger charge is 2.09. The fraction of sp³-hybridized carbons (Fsp3) is 0.0526. The predicted molar refractivity (Wildman–Crippen MR) is 108 cm³/mol. The zero-order valence-corrected chi connectivity index (χ0v) is 15.9. The smallest absolute Gasteiger partial charge is 0.257 e. The van der Waals surface area contributed by atoms with E-state index in [9.17, 15) is 4.79 Å². The molecule has 0 unspecified atom stereocenters. The van der Waals surface area contributed by atoms with Gasteiger partial charge in [-0.05, 0) is 54.7 Å². The zero-order chi connectivity index (χ0) is 18.5. The van der Waals surface area contributed by atoms with Crippen molar-refractivity contribution in [1.82, 2.24) is 5.32 Å². The van der Waals surface area contributed by atoms with Crippen LogP contribution in [0.25, 0.3) is 11.3 Å². The number of thiocarbonyl (C=S) groups is 1. The van der Waals surface area contributed by atoms with Crippen molar-refractivity contribution in [3.63, 3.8) is 0 Å². The molecule has 0 aliphatic rings. The first-order valence-electron chi connectivity index (χ1n) is 7.73. The second kappa shape index (κ2) is 8.27. The number of carbonyl (C=O) groups excluding carboxylic acids is 1. The Kier molecular flexibility index (Phi) is 5.82. The summed E-state index contributed by atoms with van der Waals surface area (Å²) in [5.74, 6) is 0.843. The first kappa shape index (κ1) is 18.3. The summed E-state index contributed by atoms with van der Waals surface area (Å²) in [6.07, 6.45) is 0. The molecule has 0 saturated heterocycles. The van der Waals surface area contributed by atoms with E-state index in [1.54, 1.807) is 30.3 Å². The minimum atomic E-state index is -0.293. The molecule has 0 bridgehead atoms. The van der Waals surface area contributed by atoms with Crippen molar-refractivity contribution in [2.24, 2.45) is 0 Å². The number of carbonyl (C=O) groups is 1. The fourth-order valence-electron chi connectivity index (χ4n) is 2.34. The highest BCUT2D eigenvalue weighted by Crippen LogP contribution is 2.25. The average Bonchev–Trinajstić information content (AvgIpc) is 3.11. The number of furan rings is 1. The lowest BCUT2D eigenvalue weighted by Crippen LogP contribution is -2.34. The number of hydrogen-bond donors (Lipinski definition) is 3. The van der Waals surface area contributed by atoms with Crippen LogP contribution in [0.1, 0.15) is 16.1 Å². The van der Waals surface area contributed by atoms with Crippen molar-refractivity contribution < 1.29 is 14.3 Å². The largest absolute Gasteiger partial charge is 0.459 e. The summed E-state index contributed by atoms with van der Waals surface area (Å²) in [4.78, 5) is 12.2. The number of rotatable bonds is 4. The van der Waals surface area contributed by atoms with E-state index in [4.69, 9.17) is 21.7 Å². The minimum absolute atomic E-state index is 0.149. The summed E-state index contributed by atoms with van der Waals surface area (Å²) < 4.78 is 6.34. The second-order valence-corrected chi connectivity index (χ2v) is 6.75. The maximum atomic E-state index is 12.2. The molecule has 1 heterocycles. The van der Waals surface area contributed by atoms with Crippen molar-refractivity contribution >= 4 is 44.9 Å². The molecule has 1 amide bonds. The summed E-state index contributed by atoms with van der Waals surface area (Å²) in [5, 5.41) is 14.9. The Labute approximate surface area is 164 Å². The molecule has 0 atom stereocenters. The van der Waals surface area contributed by atoms with Crippen LogP contribution in [0, 0.1) is 0 Å². The highest BCUT2D eigenvalue weighted by atomic mass is 79.9. The molecule has 0 radical (unpaired) electrons. The third-order valence-electron chi connectivity index (χ3n) is 3.54. The lowest BCUT2D eigenvalue weighted by molar-refractivity contribution is 0.0977. The van der Waals surface area contributed by atoms with Gasteiger partial charge in [-0.3, -0.25) is 10.1 Å². The number of anilines is 1. The van der Waals surface area contributed by atoms with E-state index in [0.29, 0.717) is 22.8 Å². The van der Waals surface area contributed by atoms with Gasteiger partial charge in [0.2, 0.25) is 0 Å². The standard InChI is InChI=1S/C19H15BrN2O3S/c20-14-5-1-4-13(9-14)18(24)22-19(26)21-15-6-2-3-12(10-15)17-8-7-16(11-23)25-17/h1-10,23H,11H2,(H2,21,22,24,26). The monoisotopic (exact) mass is 430 g/mol. The molecule has 5 nitrogen and oxygen atoms in total. The topological polar surface area (TPSA) is 74.5 Å². The number of hydrogen-bond acceptors (Lipinski definition) is 4. The van der Waals surface area contributed by atoms with Gasteiger partial charge in [-0.1, -0.05) is 34.1 Å². The van der Waals surface area contributed by atoms with Crippen LogP contribution in [-0.4, -0.2) is 16.1 Å². The van der Waals surface area contributed by atoms with Crippen LogP contribution >= 0.6 is 28.1 Å². The third kappa shape index (κ3) is 4.57. The Hall–Kier alpha value is -2.48. The summed E-state index contributed by atoms with van der Waals surface area (Å²) in [6, 6.07) is 18.0. The first-order valence-corrected chi connectivity index (χ1v) is 8.93. The predicted octanol–water partition coefficient (Wildman–Crippen LogP) is 4.33. The number of halogens is 1. The highest BCUT2D eigenvalue weighted by molar-refractivity contribution is 9.10. The van der Waals surface area contributed by atoms with Crippen LogP contribution in [-0.2, 0) is 6.61 Å². The van der Waals surface area contributed by atoms with Crippen molar-refractivity contribution in [3.8, 4) is 11.3 Å². The normalized spacial score (nSPS) is 10.4. The van der Waals surface area contributed by atoms with Gasteiger partial charge in [0.1, 0.15) is 18.1 Å². The Morgan fingerprint density at radius 3 is 2.65 bits per heavy atom. The maximum Gasteiger partial charge on any atom is 0.257 e. The lowest BCUT2D eigenvalue weighted by atomic mass is 10.1. The number of amides is 1.